The van der Waals surface area contributed by atoms with Gasteiger partial charge in [-0.15, -0.1) is 10.2 Å². The van der Waals surface area contributed by atoms with E-state index in [0.29, 0.717) is 5.92 Å². The summed E-state index contributed by atoms with van der Waals surface area (Å²) in [5.41, 5.74) is 4.82. The van der Waals surface area contributed by atoms with Crippen LogP contribution < -0.4 is 0 Å². The fourth-order valence-corrected chi connectivity index (χ4v) is 4.36. The van der Waals surface area contributed by atoms with Gasteiger partial charge in [-0.2, -0.15) is 9.61 Å². The molecule has 7 nitrogen and oxygen atoms in total. The summed E-state index contributed by atoms with van der Waals surface area (Å²) in [5, 5.41) is 13.8. The minimum Gasteiger partial charge on any atom is -0.338 e. The number of piperidine rings is 1. The van der Waals surface area contributed by atoms with Crippen molar-refractivity contribution in [1.29, 1.82) is 0 Å². The zero-order valence-corrected chi connectivity index (χ0v) is 15.3. The highest BCUT2D eigenvalue weighted by molar-refractivity contribution is 5.43. The Morgan fingerprint density at radius 1 is 1.15 bits per heavy atom. The van der Waals surface area contributed by atoms with Gasteiger partial charge in [-0.25, -0.2) is 4.98 Å². The molecular weight excluding hydrogens is 326 g/mol. The Kier molecular flexibility index (Phi) is 3.96. The van der Waals surface area contributed by atoms with Crippen LogP contribution in [-0.4, -0.2) is 53.9 Å². The van der Waals surface area contributed by atoms with Gasteiger partial charge in [-0.3, -0.25) is 0 Å². The lowest BCUT2D eigenvalue weighted by Gasteiger charge is -2.31. The highest BCUT2D eigenvalue weighted by Crippen LogP contribution is 2.28. The first-order valence-electron chi connectivity index (χ1n) is 9.69. The van der Waals surface area contributed by atoms with Gasteiger partial charge in [0.2, 0.25) is 0 Å². The molecule has 0 saturated carbocycles. The van der Waals surface area contributed by atoms with E-state index in [9.17, 15) is 0 Å². The first kappa shape index (κ1) is 15.9. The zero-order valence-electron chi connectivity index (χ0n) is 15.3. The average Bonchev–Trinajstić information content (AvgIpc) is 3.38. The topological polar surface area (TPSA) is 64.1 Å². The second-order valence-electron chi connectivity index (χ2n) is 7.66. The molecule has 1 saturated heterocycles. The van der Waals surface area contributed by atoms with Crippen molar-refractivity contribution in [2.45, 2.75) is 44.4 Å². The molecule has 3 aromatic rings. The average molecular weight is 351 g/mol. The second-order valence-corrected chi connectivity index (χ2v) is 7.66. The summed E-state index contributed by atoms with van der Waals surface area (Å²) in [6.45, 7) is 3.32. The fourth-order valence-electron chi connectivity index (χ4n) is 4.36. The maximum absolute atomic E-state index is 4.86. The Labute approximate surface area is 153 Å². The quantitative estimate of drug-likeness (QED) is 0.717. The first-order valence-corrected chi connectivity index (χ1v) is 9.69. The van der Waals surface area contributed by atoms with Crippen molar-refractivity contribution in [2.24, 2.45) is 7.05 Å². The SMILES string of the molecule is Cn1cncc1CCN1CCC(c2nnc3cc4c(nn23)CCC4)CC1. The van der Waals surface area contributed by atoms with E-state index in [1.165, 1.54) is 23.4 Å². The molecule has 0 aromatic carbocycles. The Balaban J connectivity index is 1.25. The van der Waals surface area contributed by atoms with E-state index < -0.39 is 0 Å². The number of hydrogen-bond acceptors (Lipinski definition) is 5. The minimum atomic E-state index is 0.463. The van der Waals surface area contributed by atoms with Gasteiger partial charge in [-0.05, 0) is 56.8 Å². The molecule has 1 fully saturated rings. The lowest BCUT2D eigenvalue weighted by Crippen LogP contribution is -2.35. The van der Waals surface area contributed by atoms with Crippen LogP contribution in [0.25, 0.3) is 5.65 Å². The van der Waals surface area contributed by atoms with Crippen molar-refractivity contribution in [1.82, 2.24) is 34.3 Å². The smallest absolute Gasteiger partial charge is 0.178 e. The number of nitrogens with zero attached hydrogens (tertiary/aromatic N) is 7. The van der Waals surface area contributed by atoms with Gasteiger partial charge in [0.05, 0.1) is 12.0 Å². The van der Waals surface area contributed by atoms with E-state index in [2.05, 4.69) is 37.8 Å². The second kappa shape index (κ2) is 6.46. The third-order valence-electron chi connectivity index (χ3n) is 6.00. The van der Waals surface area contributed by atoms with E-state index in [1.807, 2.05) is 17.0 Å². The van der Waals surface area contributed by atoms with Crippen LogP contribution in [0.15, 0.2) is 18.6 Å². The monoisotopic (exact) mass is 351 g/mol. The van der Waals surface area contributed by atoms with Crippen LogP contribution in [0.5, 0.6) is 0 Å². The molecule has 0 N–H and O–H groups in total. The van der Waals surface area contributed by atoms with Crippen molar-refractivity contribution in [2.75, 3.05) is 19.6 Å². The van der Waals surface area contributed by atoms with Crippen LogP contribution in [0.1, 0.15) is 48.0 Å². The standard InChI is InChI=1S/C19H25N7/c1-24-13-20-12-16(24)7-10-25-8-5-14(6-9-25)19-22-21-18-11-15-3-2-4-17(15)23-26(18)19/h11-14H,2-10H2,1H3. The summed E-state index contributed by atoms with van der Waals surface area (Å²) in [7, 11) is 2.06. The lowest BCUT2D eigenvalue weighted by molar-refractivity contribution is 0.209. The maximum atomic E-state index is 4.86. The van der Waals surface area contributed by atoms with Crippen LogP contribution >= 0.6 is 0 Å². The third kappa shape index (κ3) is 2.80. The van der Waals surface area contributed by atoms with Crippen LogP contribution in [0, 0.1) is 0 Å². The summed E-state index contributed by atoms with van der Waals surface area (Å²) < 4.78 is 4.12. The predicted octanol–water partition coefficient (Wildman–Crippen LogP) is 1.77. The van der Waals surface area contributed by atoms with Gasteiger partial charge in [0.1, 0.15) is 0 Å². The summed E-state index contributed by atoms with van der Waals surface area (Å²) in [6, 6.07) is 2.19. The molecule has 4 heterocycles. The van der Waals surface area contributed by atoms with Gasteiger partial charge in [0.15, 0.2) is 11.5 Å². The molecule has 0 unspecified atom stereocenters. The Bertz CT molecular complexity index is 917. The van der Waals surface area contributed by atoms with Crippen molar-refractivity contribution < 1.29 is 0 Å². The molecule has 1 aliphatic heterocycles. The molecule has 0 amide bonds. The van der Waals surface area contributed by atoms with Gasteiger partial charge >= 0.3 is 0 Å². The molecule has 1 aliphatic carbocycles. The van der Waals surface area contributed by atoms with Crippen molar-refractivity contribution in [3.05, 3.63) is 41.4 Å². The van der Waals surface area contributed by atoms with Gasteiger partial charge in [-0.1, -0.05) is 0 Å². The van der Waals surface area contributed by atoms with Crippen LogP contribution in [0.4, 0.5) is 0 Å². The van der Waals surface area contributed by atoms with Crippen LogP contribution in [-0.2, 0) is 26.3 Å². The minimum absolute atomic E-state index is 0.463. The largest absolute Gasteiger partial charge is 0.338 e. The summed E-state index contributed by atoms with van der Waals surface area (Å²) in [6.07, 6.45) is 10.6. The van der Waals surface area contributed by atoms with Crippen molar-refractivity contribution in [3.63, 3.8) is 0 Å². The molecule has 7 heteroatoms. The zero-order chi connectivity index (χ0) is 17.5. The Morgan fingerprint density at radius 3 is 2.85 bits per heavy atom. The van der Waals surface area contributed by atoms with E-state index >= 15 is 0 Å². The molecule has 3 aromatic heterocycles. The first-order chi connectivity index (χ1) is 12.8. The molecule has 0 bridgehead atoms. The van der Waals surface area contributed by atoms with Gasteiger partial charge < -0.3 is 9.47 Å². The van der Waals surface area contributed by atoms with E-state index in [-0.39, 0.29) is 0 Å². The normalized spacial score (nSPS) is 18.7. The molecule has 0 atom stereocenters. The van der Waals surface area contributed by atoms with E-state index in [1.54, 1.807) is 0 Å². The van der Waals surface area contributed by atoms with Crippen LogP contribution in [0.3, 0.4) is 0 Å². The number of hydrogen-bond donors (Lipinski definition) is 0. The molecular formula is C19H25N7. The molecule has 2 aliphatic rings. The molecule has 0 radical (unpaired) electrons. The number of likely N-dealkylation sites (tertiary alicyclic amines) is 1. The fraction of sp³-hybridized carbons (Fsp3) is 0.579. The molecule has 0 spiro atoms. The summed E-state index contributed by atoms with van der Waals surface area (Å²) >= 11 is 0. The number of aromatic nitrogens is 6. The van der Waals surface area contributed by atoms with Gasteiger partial charge in [0.25, 0.3) is 0 Å². The summed E-state index contributed by atoms with van der Waals surface area (Å²) in [5.74, 6) is 1.52. The number of aryl methyl sites for hydroxylation is 3. The number of fused-ring (bicyclic) bond motifs is 2. The molecule has 5 rings (SSSR count). The van der Waals surface area contributed by atoms with Gasteiger partial charge in [0, 0.05) is 37.8 Å². The Morgan fingerprint density at radius 2 is 2.04 bits per heavy atom. The van der Waals surface area contributed by atoms with E-state index in [0.717, 1.165) is 63.2 Å². The highest BCUT2D eigenvalue weighted by atomic mass is 15.4. The summed E-state index contributed by atoms with van der Waals surface area (Å²) in [4.78, 5) is 6.76. The van der Waals surface area contributed by atoms with E-state index in [4.69, 9.17) is 5.10 Å². The third-order valence-corrected chi connectivity index (χ3v) is 6.00. The Hall–Kier alpha value is -2.28. The lowest BCUT2D eigenvalue weighted by atomic mass is 9.96. The highest BCUT2D eigenvalue weighted by Gasteiger charge is 2.26. The molecule has 26 heavy (non-hydrogen) atoms. The molecule has 136 valence electrons. The number of rotatable bonds is 4. The van der Waals surface area contributed by atoms with Crippen molar-refractivity contribution in [3.8, 4) is 0 Å². The van der Waals surface area contributed by atoms with Crippen molar-refractivity contribution >= 4 is 5.65 Å². The number of imidazole rings is 1. The predicted molar refractivity (Wildman–Crippen MR) is 98.1 cm³/mol. The maximum Gasteiger partial charge on any atom is 0.178 e. The van der Waals surface area contributed by atoms with Crippen LogP contribution in [0.2, 0.25) is 0 Å².